The fraction of sp³-hybridized carbons (Fsp3) is 0.278. The zero-order valence-electron chi connectivity index (χ0n) is 14.0. The van der Waals surface area contributed by atoms with Gasteiger partial charge in [0, 0.05) is 26.0 Å². The molecule has 27 heavy (non-hydrogen) atoms. The summed E-state index contributed by atoms with van der Waals surface area (Å²) in [5.74, 6) is 0.918. The van der Waals surface area contributed by atoms with Gasteiger partial charge in [0.2, 0.25) is 0 Å². The lowest BCUT2D eigenvalue weighted by atomic mass is 10.1. The van der Waals surface area contributed by atoms with Crippen LogP contribution in [-0.4, -0.2) is 37.2 Å². The number of sulfone groups is 1. The molecule has 0 amide bonds. The van der Waals surface area contributed by atoms with Gasteiger partial charge >= 0.3 is 0 Å². The zero-order chi connectivity index (χ0) is 19.2. The lowest BCUT2D eigenvalue weighted by molar-refractivity contribution is 0.601. The Hall–Kier alpha value is -0.730. The molecule has 0 aliphatic carbocycles. The molecular formula is C18H15BrCl2N2O2S2. The first kappa shape index (κ1) is 19.6. The van der Waals surface area contributed by atoms with Crippen LogP contribution in [0.15, 0.2) is 51.9 Å². The Balaban J connectivity index is 1.64. The van der Waals surface area contributed by atoms with Crippen molar-refractivity contribution in [2.75, 3.05) is 16.4 Å². The summed E-state index contributed by atoms with van der Waals surface area (Å²) in [5, 5.41) is 1.83. The van der Waals surface area contributed by atoms with Gasteiger partial charge in [-0.3, -0.25) is 4.99 Å². The number of amidine groups is 1. The van der Waals surface area contributed by atoms with Gasteiger partial charge in [0.15, 0.2) is 15.0 Å². The van der Waals surface area contributed by atoms with Gasteiger partial charge in [0.25, 0.3) is 0 Å². The first-order chi connectivity index (χ1) is 12.8. The summed E-state index contributed by atoms with van der Waals surface area (Å²) >= 11 is 17.4. The third-order valence-electron chi connectivity index (χ3n) is 4.51. The molecule has 4 rings (SSSR count). The number of anilines is 1. The summed E-state index contributed by atoms with van der Waals surface area (Å²) in [5.41, 5.74) is 1.94. The quantitative estimate of drug-likeness (QED) is 0.586. The molecule has 2 unspecified atom stereocenters. The Labute approximate surface area is 181 Å². The van der Waals surface area contributed by atoms with Crippen LogP contribution in [0.1, 0.15) is 5.56 Å². The van der Waals surface area contributed by atoms with Crippen molar-refractivity contribution < 1.29 is 8.42 Å². The van der Waals surface area contributed by atoms with Crippen LogP contribution in [0.5, 0.6) is 0 Å². The van der Waals surface area contributed by atoms with E-state index in [-0.39, 0.29) is 23.6 Å². The maximum atomic E-state index is 12.1. The van der Waals surface area contributed by atoms with E-state index in [0.29, 0.717) is 10.0 Å². The number of rotatable bonds is 3. The van der Waals surface area contributed by atoms with Gasteiger partial charge in [-0.05, 0) is 35.9 Å². The van der Waals surface area contributed by atoms with Gasteiger partial charge in [0.05, 0.1) is 23.6 Å². The van der Waals surface area contributed by atoms with E-state index < -0.39 is 9.84 Å². The lowest BCUT2D eigenvalue weighted by Crippen LogP contribution is -2.39. The monoisotopic (exact) mass is 504 g/mol. The van der Waals surface area contributed by atoms with Crippen LogP contribution in [0.2, 0.25) is 10.0 Å². The minimum Gasteiger partial charge on any atom is -0.315 e. The van der Waals surface area contributed by atoms with Crippen molar-refractivity contribution >= 4 is 71.6 Å². The van der Waals surface area contributed by atoms with Crippen molar-refractivity contribution in [3.63, 3.8) is 0 Å². The molecule has 4 nitrogen and oxygen atoms in total. The topological polar surface area (TPSA) is 49.7 Å². The second-order valence-corrected chi connectivity index (χ2v) is 11.4. The molecule has 0 bridgehead atoms. The molecular weight excluding hydrogens is 491 g/mol. The van der Waals surface area contributed by atoms with Gasteiger partial charge in [0.1, 0.15) is 0 Å². The summed E-state index contributed by atoms with van der Waals surface area (Å²) in [6, 6.07) is 12.9. The smallest absolute Gasteiger partial charge is 0.164 e. The second-order valence-electron chi connectivity index (χ2n) is 6.54. The van der Waals surface area contributed by atoms with E-state index in [9.17, 15) is 8.42 Å². The van der Waals surface area contributed by atoms with E-state index in [4.69, 9.17) is 28.2 Å². The lowest BCUT2D eigenvalue weighted by Gasteiger charge is -2.27. The normalized spacial score (nSPS) is 23.4. The fourth-order valence-corrected chi connectivity index (χ4v) is 7.04. The van der Waals surface area contributed by atoms with Crippen molar-refractivity contribution in [3.05, 3.63) is 62.5 Å². The summed E-state index contributed by atoms with van der Waals surface area (Å²) in [6.45, 7) is 0. The number of halogens is 3. The molecule has 0 radical (unpaired) electrons. The number of hydrogen-bond acceptors (Lipinski definition) is 5. The molecule has 0 N–H and O–H groups in total. The van der Waals surface area contributed by atoms with Gasteiger partial charge in [-0.1, -0.05) is 63.0 Å². The number of benzene rings is 2. The van der Waals surface area contributed by atoms with Crippen LogP contribution in [-0.2, 0) is 15.6 Å². The van der Waals surface area contributed by atoms with Crippen molar-refractivity contribution in [1.82, 2.24) is 0 Å². The average Bonchev–Trinajstić information content (AvgIpc) is 3.04. The van der Waals surface area contributed by atoms with Crippen molar-refractivity contribution in [2.24, 2.45) is 4.99 Å². The van der Waals surface area contributed by atoms with E-state index in [0.717, 1.165) is 21.1 Å². The summed E-state index contributed by atoms with van der Waals surface area (Å²) in [7, 11) is -3.09. The molecule has 1 saturated heterocycles. The van der Waals surface area contributed by atoms with Crippen LogP contribution in [0.25, 0.3) is 0 Å². The third-order valence-corrected chi connectivity index (χ3v) is 8.22. The van der Waals surface area contributed by atoms with Crippen molar-refractivity contribution in [2.45, 2.75) is 17.8 Å². The average molecular weight is 506 g/mol. The number of fused-ring (bicyclic) bond motifs is 1. The Morgan fingerprint density at radius 3 is 2.44 bits per heavy atom. The van der Waals surface area contributed by atoms with Gasteiger partial charge < -0.3 is 4.90 Å². The minimum atomic E-state index is -3.09. The molecule has 2 aliphatic rings. The SMILES string of the molecule is O=S1(=O)CC2N=C(SCc3ccc(Br)cc3)N(c3cc(Cl)cc(Cl)c3)C2C1. The summed E-state index contributed by atoms with van der Waals surface area (Å²) < 4.78 is 25.3. The Kier molecular flexibility index (Phi) is 5.51. The predicted molar refractivity (Wildman–Crippen MR) is 118 cm³/mol. The van der Waals surface area contributed by atoms with Crippen LogP contribution in [0, 0.1) is 0 Å². The second kappa shape index (κ2) is 7.59. The molecule has 142 valence electrons. The first-order valence-electron chi connectivity index (χ1n) is 8.21. The van der Waals surface area contributed by atoms with Crippen LogP contribution >= 0.6 is 50.9 Å². The molecule has 2 heterocycles. The maximum Gasteiger partial charge on any atom is 0.164 e. The molecule has 9 heteroatoms. The minimum absolute atomic E-state index is 0.0881. The largest absolute Gasteiger partial charge is 0.315 e. The van der Waals surface area contributed by atoms with Gasteiger partial charge in [-0.15, -0.1) is 0 Å². The number of hydrogen-bond donors (Lipinski definition) is 0. The number of nitrogens with zero attached hydrogens (tertiary/aromatic N) is 2. The fourth-order valence-electron chi connectivity index (χ4n) is 3.34. The van der Waals surface area contributed by atoms with Crippen molar-refractivity contribution in [1.29, 1.82) is 0 Å². The van der Waals surface area contributed by atoms with Crippen LogP contribution < -0.4 is 4.90 Å². The number of aliphatic imine (C=N–C) groups is 1. The van der Waals surface area contributed by atoms with E-state index in [1.807, 2.05) is 17.0 Å². The molecule has 0 saturated carbocycles. The summed E-state index contributed by atoms with van der Waals surface area (Å²) in [6.07, 6.45) is 0. The standard InChI is InChI=1S/C18H15BrCl2N2O2S2/c19-12-3-1-11(2-4-12)8-26-18-22-16-9-27(24,25)10-17(16)23(18)15-6-13(20)5-14(21)7-15/h1-7,16-17H,8-10H2. The maximum absolute atomic E-state index is 12.1. The van der Waals surface area contributed by atoms with E-state index in [1.54, 1.807) is 30.0 Å². The van der Waals surface area contributed by atoms with Crippen LogP contribution in [0.4, 0.5) is 5.69 Å². The number of thioether (sulfide) groups is 1. The molecule has 0 spiro atoms. The highest BCUT2D eigenvalue weighted by Crippen LogP contribution is 2.38. The Bertz CT molecular complexity index is 992. The molecule has 0 aromatic heterocycles. The van der Waals surface area contributed by atoms with E-state index >= 15 is 0 Å². The van der Waals surface area contributed by atoms with Gasteiger partial charge in [-0.2, -0.15) is 0 Å². The van der Waals surface area contributed by atoms with Gasteiger partial charge in [-0.25, -0.2) is 8.42 Å². The van der Waals surface area contributed by atoms with Crippen molar-refractivity contribution in [3.8, 4) is 0 Å². The Morgan fingerprint density at radius 1 is 1.11 bits per heavy atom. The molecule has 2 aromatic rings. The van der Waals surface area contributed by atoms with E-state index in [1.165, 1.54) is 5.56 Å². The molecule has 2 aliphatic heterocycles. The zero-order valence-corrected chi connectivity index (χ0v) is 18.7. The highest BCUT2D eigenvalue weighted by atomic mass is 79.9. The summed E-state index contributed by atoms with van der Waals surface area (Å²) in [4.78, 5) is 6.71. The highest BCUT2D eigenvalue weighted by Gasteiger charge is 2.47. The first-order valence-corrected chi connectivity index (χ1v) is 12.6. The molecule has 2 atom stereocenters. The molecule has 1 fully saturated rings. The third kappa shape index (κ3) is 4.32. The van der Waals surface area contributed by atoms with Crippen LogP contribution in [0.3, 0.4) is 0 Å². The van der Waals surface area contributed by atoms with E-state index in [2.05, 4.69) is 28.1 Å². The predicted octanol–water partition coefficient (Wildman–Crippen LogP) is 5.03. The highest BCUT2D eigenvalue weighted by molar-refractivity contribution is 9.10. The molecule has 2 aromatic carbocycles. The Morgan fingerprint density at radius 2 is 1.78 bits per heavy atom.